The molecule has 0 bridgehead atoms. The first-order valence-electron chi connectivity index (χ1n) is 4.86. The molecule has 4 heteroatoms. The maximum absolute atomic E-state index is 5.53. The van der Waals surface area contributed by atoms with Crippen molar-refractivity contribution < 1.29 is 4.74 Å². The number of rotatable bonds is 1. The number of fused-ring (bicyclic) bond motifs is 1. The lowest BCUT2D eigenvalue weighted by Gasteiger charge is -2.05. The van der Waals surface area contributed by atoms with Crippen LogP contribution in [0.1, 0.15) is 18.2 Å². The molecule has 0 aliphatic carbocycles. The topological polar surface area (TPSA) is 34.1 Å². The average Bonchev–Trinajstić information content (AvgIpc) is 2.42. The Balaban J connectivity index is 0.00000112. The van der Waals surface area contributed by atoms with E-state index in [9.17, 15) is 0 Å². The number of allylic oxidation sites excluding steroid dienone is 1. The van der Waals surface area contributed by atoms with Crippen LogP contribution in [-0.2, 0) is 6.54 Å². The Hall–Kier alpha value is -1.06. The predicted molar refractivity (Wildman–Crippen MR) is 63.4 cm³/mol. The Morgan fingerprint density at radius 3 is 3.13 bits per heavy atom. The van der Waals surface area contributed by atoms with Crippen LogP contribution in [0.3, 0.4) is 0 Å². The molecule has 1 aliphatic heterocycles. The van der Waals surface area contributed by atoms with Gasteiger partial charge in [-0.1, -0.05) is 12.1 Å². The molecular formula is C11H15ClN2O. The number of pyridine rings is 1. The van der Waals surface area contributed by atoms with Gasteiger partial charge in [-0.15, -0.1) is 12.4 Å². The molecule has 82 valence electrons. The summed E-state index contributed by atoms with van der Waals surface area (Å²) >= 11 is 0. The molecule has 15 heavy (non-hydrogen) atoms. The molecule has 0 saturated heterocycles. The van der Waals surface area contributed by atoms with Crippen LogP contribution in [0.5, 0.6) is 5.88 Å². The first-order valence-corrected chi connectivity index (χ1v) is 4.86. The fourth-order valence-electron chi connectivity index (χ4n) is 1.45. The second kappa shape index (κ2) is 5.73. The van der Waals surface area contributed by atoms with Gasteiger partial charge in [0.25, 0.3) is 0 Å². The molecule has 0 unspecified atom stereocenters. The second-order valence-electron chi connectivity index (χ2n) is 3.23. The summed E-state index contributed by atoms with van der Waals surface area (Å²) < 4.78 is 5.53. The van der Waals surface area contributed by atoms with Crippen LogP contribution in [0.2, 0.25) is 0 Å². The summed E-state index contributed by atoms with van der Waals surface area (Å²) in [5, 5.41) is 3.27. The third kappa shape index (κ3) is 2.94. The minimum absolute atomic E-state index is 0. The van der Waals surface area contributed by atoms with Gasteiger partial charge in [-0.05, 0) is 19.1 Å². The highest BCUT2D eigenvalue weighted by molar-refractivity contribution is 5.85. The van der Waals surface area contributed by atoms with Gasteiger partial charge in [-0.2, -0.15) is 0 Å². The fourth-order valence-corrected chi connectivity index (χ4v) is 1.45. The predicted octanol–water partition coefficient (Wildman–Crippen LogP) is 2.02. The summed E-state index contributed by atoms with van der Waals surface area (Å²) in [4.78, 5) is 4.41. The van der Waals surface area contributed by atoms with Crippen LogP contribution < -0.4 is 10.1 Å². The third-order valence-electron chi connectivity index (χ3n) is 2.13. The molecule has 0 saturated carbocycles. The van der Waals surface area contributed by atoms with Crippen molar-refractivity contribution in [2.45, 2.75) is 13.5 Å². The van der Waals surface area contributed by atoms with Crippen LogP contribution in [0.15, 0.2) is 18.2 Å². The van der Waals surface area contributed by atoms with Gasteiger partial charge in [0.15, 0.2) is 0 Å². The summed E-state index contributed by atoms with van der Waals surface area (Å²) in [6.07, 6.45) is 3.95. The minimum Gasteiger partial charge on any atom is -0.476 e. The lowest BCUT2D eigenvalue weighted by atomic mass is 10.2. The van der Waals surface area contributed by atoms with E-state index in [2.05, 4.69) is 16.4 Å². The van der Waals surface area contributed by atoms with Crippen LogP contribution in [-0.4, -0.2) is 18.1 Å². The highest BCUT2D eigenvalue weighted by Crippen LogP contribution is 2.18. The van der Waals surface area contributed by atoms with Crippen molar-refractivity contribution in [1.82, 2.24) is 10.3 Å². The van der Waals surface area contributed by atoms with Crippen LogP contribution >= 0.6 is 12.4 Å². The molecule has 0 spiro atoms. The maximum Gasteiger partial charge on any atom is 0.218 e. The zero-order chi connectivity index (χ0) is 9.80. The summed E-state index contributed by atoms with van der Waals surface area (Å²) in [7, 11) is 0. The van der Waals surface area contributed by atoms with E-state index in [1.807, 2.05) is 25.1 Å². The fraction of sp³-hybridized carbons (Fsp3) is 0.364. The van der Waals surface area contributed by atoms with Gasteiger partial charge in [0.2, 0.25) is 5.88 Å². The second-order valence-corrected chi connectivity index (χ2v) is 3.23. The highest BCUT2D eigenvalue weighted by atomic mass is 35.5. The summed E-state index contributed by atoms with van der Waals surface area (Å²) in [5.74, 6) is 0.769. The standard InChI is InChI=1S/C11H14N2O.ClH/c1-2-3-10-5-4-9-8-12-6-7-14-11(9)13-10;/h2-5,12H,6-8H2,1H3;1H. The molecule has 0 fully saturated rings. The van der Waals surface area contributed by atoms with E-state index in [1.165, 1.54) is 0 Å². The lowest BCUT2D eigenvalue weighted by molar-refractivity contribution is 0.313. The van der Waals surface area contributed by atoms with Crippen molar-refractivity contribution in [3.05, 3.63) is 29.5 Å². The highest BCUT2D eigenvalue weighted by Gasteiger charge is 2.09. The van der Waals surface area contributed by atoms with E-state index in [4.69, 9.17) is 4.74 Å². The Kier molecular flexibility index (Phi) is 4.59. The Morgan fingerprint density at radius 1 is 1.47 bits per heavy atom. The summed E-state index contributed by atoms with van der Waals surface area (Å²) in [6.45, 7) is 4.41. The Morgan fingerprint density at radius 2 is 2.33 bits per heavy atom. The van der Waals surface area contributed by atoms with E-state index in [0.717, 1.165) is 30.2 Å². The average molecular weight is 227 g/mol. The Labute approximate surface area is 96.0 Å². The molecule has 0 atom stereocenters. The van der Waals surface area contributed by atoms with E-state index < -0.39 is 0 Å². The quantitative estimate of drug-likeness (QED) is 0.796. The normalized spacial score (nSPS) is 15.0. The van der Waals surface area contributed by atoms with Crippen molar-refractivity contribution in [3.8, 4) is 5.88 Å². The smallest absolute Gasteiger partial charge is 0.218 e. The van der Waals surface area contributed by atoms with Gasteiger partial charge in [0.1, 0.15) is 6.61 Å². The molecule has 2 heterocycles. The number of nitrogens with one attached hydrogen (secondary N) is 1. The molecule has 3 nitrogen and oxygen atoms in total. The van der Waals surface area contributed by atoms with Gasteiger partial charge >= 0.3 is 0 Å². The molecule has 2 rings (SSSR count). The minimum atomic E-state index is 0. The van der Waals surface area contributed by atoms with Crippen molar-refractivity contribution in [1.29, 1.82) is 0 Å². The number of hydrogen-bond donors (Lipinski definition) is 1. The third-order valence-corrected chi connectivity index (χ3v) is 2.13. The lowest BCUT2D eigenvalue weighted by Crippen LogP contribution is -2.16. The summed E-state index contributed by atoms with van der Waals surface area (Å²) in [6, 6.07) is 4.07. The molecule has 1 aromatic rings. The number of hydrogen-bond acceptors (Lipinski definition) is 3. The molecule has 0 aromatic carbocycles. The molecule has 1 N–H and O–H groups in total. The monoisotopic (exact) mass is 226 g/mol. The first-order chi connectivity index (χ1) is 6.90. The van der Waals surface area contributed by atoms with E-state index in [-0.39, 0.29) is 12.4 Å². The molecule has 0 amide bonds. The first kappa shape index (κ1) is 12.0. The van der Waals surface area contributed by atoms with Crippen molar-refractivity contribution >= 4 is 18.5 Å². The van der Waals surface area contributed by atoms with Crippen LogP contribution in [0.4, 0.5) is 0 Å². The van der Waals surface area contributed by atoms with E-state index >= 15 is 0 Å². The molecule has 1 aromatic heterocycles. The Bertz CT molecular complexity index is 352. The maximum atomic E-state index is 5.53. The van der Waals surface area contributed by atoms with Gasteiger partial charge in [-0.25, -0.2) is 4.98 Å². The number of nitrogens with zero attached hydrogens (tertiary/aromatic N) is 1. The van der Waals surface area contributed by atoms with Crippen molar-refractivity contribution in [2.75, 3.05) is 13.2 Å². The SMILES string of the molecule is CC=Cc1ccc2c(n1)OCCNC2.Cl. The van der Waals surface area contributed by atoms with E-state index in [0.29, 0.717) is 6.61 Å². The van der Waals surface area contributed by atoms with E-state index in [1.54, 1.807) is 0 Å². The van der Waals surface area contributed by atoms with Crippen molar-refractivity contribution in [3.63, 3.8) is 0 Å². The number of halogens is 1. The zero-order valence-corrected chi connectivity index (χ0v) is 9.51. The van der Waals surface area contributed by atoms with Gasteiger partial charge in [-0.3, -0.25) is 0 Å². The zero-order valence-electron chi connectivity index (χ0n) is 8.69. The molecule has 0 radical (unpaired) electrons. The molecule has 1 aliphatic rings. The van der Waals surface area contributed by atoms with Crippen LogP contribution in [0, 0.1) is 0 Å². The number of aromatic nitrogens is 1. The number of ether oxygens (including phenoxy) is 1. The largest absolute Gasteiger partial charge is 0.476 e. The summed E-state index contributed by atoms with van der Waals surface area (Å²) in [5.41, 5.74) is 2.09. The van der Waals surface area contributed by atoms with Gasteiger partial charge in [0.05, 0.1) is 5.69 Å². The van der Waals surface area contributed by atoms with Gasteiger partial charge < -0.3 is 10.1 Å². The molecular weight excluding hydrogens is 212 g/mol. The van der Waals surface area contributed by atoms with Crippen LogP contribution in [0.25, 0.3) is 6.08 Å². The van der Waals surface area contributed by atoms with Crippen molar-refractivity contribution in [2.24, 2.45) is 0 Å². The van der Waals surface area contributed by atoms with Gasteiger partial charge in [0, 0.05) is 18.7 Å².